The topological polar surface area (TPSA) is 79.4 Å². The number of benzene rings is 1. The molecule has 1 aromatic carbocycles. The van der Waals surface area contributed by atoms with Crippen molar-refractivity contribution in [2.45, 2.75) is 69.4 Å². The Morgan fingerprint density at radius 2 is 1.86 bits per heavy atom. The molecule has 200 valence electrons. The number of rotatable bonds is 6. The first kappa shape index (κ1) is 25.8. The number of alkyl halides is 4. The molecule has 2 aliphatic heterocycles. The number of amides is 1. The Morgan fingerprint density at radius 3 is 2.54 bits per heavy atom. The van der Waals surface area contributed by atoms with Crippen LogP contribution in [0.3, 0.4) is 0 Å². The predicted octanol–water partition coefficient (Wildman–Crippen LogP) is 4.75. The first-order valence-corrected chi connectivity index (χ1v) is 12.8. The third-order valence-electron chi connectivity index (χ3n) is 7.28. The van der Waals surface area contributed by atoms with Gasteiger partial charge in [-0.15, -0.1) is 0 Å². The van der Waals surface area contributed by atoms with Gasteiger partial charge in [0, 0.05) is 48.9 Å². The lowest BCUT2D eigenvalue weighted by atomic mass is 10.00. The zero-order valence-corrected chi connectivity index (χ0v) is 20.7. The van der Waals surface area contributed by atoms with Crippen LogP contribution in [0, 0.1) is 6.92 Å². The van der Waals surface area contributed by atoms with Gasteiger partial charge in [-0.2, -0.15) is 13.2 Å². The lowest BCUT2D eigenvalue weighted by Gasteiger charge is -2.36. The Hall–Kier alpha value is -2.79. The molecule has 0 radical (unpaired) electrons. The standard InChI is InChI=1S/C26H31F4N5O2/c1-15-22(25(36)35-10-7-18(8-11-35)31-21-9-12-37-14-20(21)27)33-24(16-5-6-16)34-23(15)32-19-4-2-3-17(13-19)26(28,29)30/h2-4,13,16,18,20-21,31H,5-12,14H2,1H3,(H,32,33,34). The third kappa shape index (κ3) is 6.04. The molecule has 2 N–H and O–H groups in total. The molecule has 2 unspecified atom stereocenters. The van der Waals surface area contributed by atoms with Gasteiger partial charge in [0.2, 0.25) is 0 Å². The summed E-state index contributed by atoms with van der Waals surface area (Å²) in [5.74, 6) is 0.803. The Balaban J connectivity index is 1.31. The van der Waals surface area contributed by atoms with E-state index in [9.17, 15) is 22.4 Å². The van der Waals surface area contributed by atoms with Crippen molar-refractivity contribution in [2.24, 2.45) is 0 Å². The van der Waals surface area contributed by atoms with Crippen molar-refractivity contribution in [1.29, 1.82) is 0 Å². The van der Waals surface area contributed by atoms with Crippen LogP contribution in [0.5, 0.6) is 0 Å². The van der Waals surface area contributed by atoms with E-state index in [0.29, 0.717) is 56.2 Å². The van der Waals surface area contributed by atoms with E-state index >= 15 is 0 Å². The van der Waals surface area contributed by atoms with Crippen molar-refractivity contribution < 1.29 is 27.1 Å². The quantitative estimate of drug-likeness (QED) is 0.535. The van der Waals surface area contributed by atoms with Crippen LogP contribution in [0.2, 0.25) is 0 Å². The van der Waals surface area contributed by atoms with Crippen LogP contribution < -0.4 is 10.6 Å². The summed E-state index contributed by atoms with van der Waals surface area (Å²) in [5, 5.41) is 6.38. The highest BCUT2D eigenvalue weighted by Gasteiger charge is 2.34. The predicted molar refractivity (Wildman–Crippen MR) is 130 cm³/mol. The van der Waals surface area contributed by atoms with Gasteiger partial charge in [-0.3, -0.25) is 4.79 Å². The van der Waals surface area contributed by atoms with Crippen LogP contribution in [0.1, 0.15) is 65.5 Å². The fourth-order valence-electron chi connectivity index (χ4n) is 4.89. The van der Waals surface area contributed by atoms with Crippen molar-refractivity contribution in [3.63, 3.8) is 0 Å². The summed E-state index contributed by atoms with van der Waals surface area (Å²) in [6.07, 6.45) is -1.63. The smallest absolute Gasteiger partial charge is 0.378 e. The monoisotopic (exact) mass is 521 g/mol. The summed E-state index contributed by atoms with van der Waals surface area (Å²) in [7, 11) is 0. The maximum Gasteiger partial charge on any atom is 0.416 e. The minimum absolute atomic E-state index is 0.113. The molecular formula is C26H31F4N5O2. The molecule has 1 amide bonds. The van der Waals surface area contributed by atoms with Crippen molar-refractivity contribution in [3.05, 3.63) is 46.9 Å². The molecule has 2 saturated heterocycles. The maximum absolute atomic E-state index is 14.1. The van der Waals surface area contributed by atoms with Crippen molar-refractivity contribution in [3.8, 4) is 0 Å². The molecule has 0 bridgehead atoms. The van der Waals surface area contributed by atoms with Gasteiger partial charge in [-0.05, 0) is 57.2 Å². The van der Waals surface area contributed by atoms with E-state index in [1.54, 1.807) is 11.8 Å². The van der Waals surface area contributed by atoms with E-state index in [1.165, 1.54) is 12.1 Å². The fraction of sp³-hybridized carbons (Fsp3) is 0.577. The summed E-state index contributed by atoms with van der Waals surface area (Å²) in [6, 6.07) is 4.80. The average molecular weight is 522 g/mol. The van der Waals surface area contributed by atoms with E-state index < -0.39 is 17.9 Å². The molecule has 0 spiro atoms. The fourth-order valence-corrected chi connectivity index (χ4v) is 4.89. The lowest BCUT2D eigenvalue weighted by molar-refractivity contribution is -0.137. The van der Waals surface area contributed by atoms with Crippen LogP contribution in [0.15, 0.2) is 24.3 Å². The van der Waals surface area contributed by atoms with Crippen molar-refractivity contribution in [1.82, 2.24) is 20.2 Å². The molecule has 1 aromatic heterocycles. The van der Waals surface area contributed by atoms with E-state index in [0.717, 1.165) is 25.0 Å². The normalized spacial score (nSPS) is 23.2. The zero-order valence-electron chi connectivity index (χ0n) is 20.7. The minimum Gasteiger partial charge on any atom is -0.378 e. The summed E-state index contributed by atoms with van der Waals surface area (Å²) in [5.41, 5.74) is 0.239. The Morgan fingerprint density at radius 1 is 1.11 bits per heavy atom. The molecule has 1 saturated carbocycles. The highest BCUT2D eigenvalue weighted by Crippen LogP contribution is 2.39. The molecule has 2 atom stereocenters. The van der Waals surface area contributed by atoms with Crippen molar-refractivity contribution >= 4 is 17.4 Å². The zero-order chi connectivity index (χ0) is 26.2. The van der Waals surface area contributed by atoms with Gasteiger partial charge < -0.3 is 20.3 Å². The molecule has 11 heteroatoms. The Bertz CT molecular complexity index is 1130. The minimum atomic E-state index is -4.46. The molecule has 5 rings (SSSR count). The Kier molecular flexibility index (Phi) is 7.35. The molecular weight excluding hydrogens is 490 g/mol. The van der Waals surface area contributed by atoms with Gasteiger partial charge in [0.1, 0.15) is 23.5 Å². The van der Waals surface area contributed by atoms with E-state index in [2.05, 4.69) is 20.6 Å². The number of ether oxygens (including phenoxy) is 1. The van der Waals surface area contributed by atoms with E-state index in [-0.39, 0.29) is 41.9 Å². The van der Waals surface area contributed by atoms with Gasteiger partial charge in [-0.25, -0.2) is 14.4 Å². The molecule has 3 aliphatic rings. The second-order valence-electron chi connectivity index (χ2n) is 10.1. The number of hydrogen-bond donors (Lipinski definition) is 2. The summed E-state index contributed by atoms with van der Waals surface area (Å²) in [4.78, 5) is 24.4. The lowest BCUT2D eigenvalue weighted by Crippen LogP contribution is -2.52. The number of hydrogen-bond acceptors (Lipinski definition) is 6. The highest BCUT2D eigenvalue weighted by molar-refractivity contribution is 5.95. The highest BCUT2D eigenvalue weighted by atomic mass is 19.4. The summed E-state index contributed by atoms with van der Waals surface area (Å²) in [6.45, 7) is 3.38. The number of carbonyl (C=O) groups is 1. The summed E-state index contributed by atoms with van der Waals surface area (Å²) >= 11 is 0. The maximum atomic E-state index is 14.1. The number of halogens is 4. The molecule has 37 heavy (non-hydrogen) atoms. The van der Waals surface area contributed by atoms with Gasteiger partial charge >= 0.3 is 6.18 Å². The first-order valence-electron chi connectivity index (χ1n) is 12.8. The number of piperidine rings is 1. The third-order valence-corrected chi connectivity index (χ3v) is 7.28. The molecule has 1 aliphatic carbocycles. The van der Waals surface area contributed by atoms with Gasteiger partial charge in [0.05, 0.1) is 12.2 Å². The van der Waals surface area contributed by atoms with Gasteiger partial charge in [-0.1, -0.05) is 6.07 Å². The number of likely N-dealkylation sites (tertiary alicyclic amines) is 1. The van der Waals surface area contributed by atoms with E-state index in [1.807, 2.05) is 0 Å². The second-order valence-corrected chi connectivity index (χ2v) is 10.1. The van der Waals surface area contributed by atoms with Crippen molar-refractivity contribution in [2.75, 3.05) is 31.6 Å². The molecule has 2 aromatic rings. The van der Waals surface area contributed by atoms with Gasteiger partial charge in [0.25, 0.3) is 5.91 Å². The Labute approximate surface area is 213 Å². The second kappa shape index (κ2) is 10.5. The number of anilines is 2. The van der Waals surface area contributed by atoms with Crippen LogP contribution in [0.4, 0.5) is 29.1 Å². The molecule has 3 heterocycles. The number of nitrogens with one attached hydrogen (secondary N) is 2. The largest absolute Gasteiger partial charge is 0.416 e. The SMILES string of the molecule is Cc1c(Nc2cccc(C(F)(F)F)c2)nc(C2CC2)nc1C(=O)N1CCC(NC2CCOCC2F)CC1. The summed E-state index contributed by atoms with van der Waals surface area (Å²) < 4.78 is 58.9. The van der Waals surface area contributed by atoms with E-state index in [4.69, 9.17) is 4.74 Å². The van der Waals surface area contributed by atoms with Gasteiger partial charge in [0.15, 0.2) is 0 Å². The number of carbonyl (C=O) groups excluding carboxylic acids is 1. The number of aromatic nitrogens is 2. The first-order chi connectivity index (χ1) is 17.7. The molecule has 3 fully saturated rings. The van der Waals surface area contributed by atoms with Crippen LogP contribution in [0.25, 0.3) is 0 Å². The van der Waals surface area contributed by atoms with Crippen LogP contribution in [-0.2, 0) is 10.9 Å². The average Bonchev–Trinajstić information content (AvgIpc) is 3.72. The molecule has 7 nitrogen and oxygen atoms in total. The van der Waals surface area contributed by atoms with Crippen LogP contribution in [-0.4, -0.2) is 65.3 Å². The number of nitrogens with zero attached hydrogens (tertiary/aromatic N) is 3. The van der Waals surface area contributed by atoms with Crippen LogP contribution >= 0.6 is 0 Å².